The van der Waals surface area contributed by atoms with E-state index in [1.165, 1.54) is 4.90 Å². The number of hydrogen-bond donors (Lipinski definition) is 1. The molecule has 0 spiro atoms. The summed E-state index contributed by atoms with van der Waals surface area (Å²) in [6, 6.07) is 4.94. The van der Waals surface area contributed by atoms with Gasteiger partial charge in [-0.3, -0.25) is 4.79 Å². The van der Waals surface area contributed by atoms with Gasteiger partial charge in [0.2, 0.25) is 0 Å². The van der Waals surface area contributed by atoms with Crippen LogP contribution in [-0.2, 0) is 0 Å². The molecule has 0 aliphatic rings. The predicted molar refractivity (Wildman–Crippen MR) is 59.2 cm³/mol. The van der Waals surface area contributed by atoms with Crippen LogP contribution in [0.4, 0.5) is 10.5 Å². The van der Waals surface area contributed by atoms with Crippen molar-refractivity contribution >= 4 is 46.8 Å². The molecule has 0 aliphatic heterocycles. The Morgan fingerprint density at radius 2 is 2.00 bits per heavy atom. The summed E-state index contributed by atoms with van der Waals surface area (Å²) in [6.07, 6.45) is 0. The van der Waals surface area contributed by atoms with Crippen LogP contribution in [0.25, 0.3) is 0 Å². The van der Waals surface area contributed by atoms with E-state index < -0.39 is 0 Å². The van der Waals surface area contributed by atoms with Crippen molar-refractivity contribution < 1.29 is 4.79 Å². The molecule has 0 saturated carbocycles. The number of carbonyl (C=O) groups excluding carboxylic acids is 1. The smallest absolute Gasteiger partial charge is 0.282 e. The van der Waals surface area contributed by atoms with Crippen LogP contribution < -0.4 is 4.90 Å². The van der Waals surface area contributed by atoms with Gasteiger partial charge in [0.25, 0.3) is 5.24 Å². The monoisotopic (exact) mass is 235 g/mol. The highest BCUT2D eigenvalue weighted by Crippen LogP contribution is 2.26. The standard InChI is InChI=1S/C8H7Cl2NOS/c1-11(8(12)13)5-2-3-6(9)7(10)4-5/h2-4H,1H3,(H,12,13). The molecule has 0 radical (unpaired) electrons. The van der Waals surface area contributed by atoms with Gasteiger partial charge in [0, 0.05) is 12.7 Å². The summed E-state index contributed by atoms with van der Waals surface area (Å²) in [5.74, 6) is 0. The van der Waals surface area contributed by atoms with Crippen LogP contribution in [-0.4, -0.2) is 12.3 Å². The van der Waals surface area contributed by atoms with Gasteiger partial charge < -0.3 is 4.90 Å². The highest BCUT2D eigenvalue weighted by Gasteiger charge is 2.07. The van der Waals surface area contributed by atoms with Gasteiger partial charge in [-0.2, -0.15) is 0 Å². The Morgan fingerprint density at radius 1 is 1.38 bits per heavy atom. The lowest BCUT2D eigenvalue weighted by Crippen LogP contribution is -2.19. The third kappa shape index (κ3) is 2.53. The Hall–Kier alpha value is -0.380. The van der Waals surface area contributed by atoms with Crippen molar-refractivity contribution in [3.8, 4) is 0 Å². The molecule has 0 N–H and O–H groups in total. The second-order valence-electron chi connectivity index (χ2n) is 2.44. The van der Waals surface area contributed by atoms with Gasteiger partial charge in [0.15, 0.2) is 0 Å². The molecule has 5 heteroatoms. The molecule has 1 rings (SSSR count). The first-order valence-corrected chi connectivity index (χ1v) is 4.64. The SMILES string of the molecule is CN(C(=O)S)c1ccc(Cl)c(Cl)c1. The zero-order valence-electron chi connectivity index (χ0n) is 6.79. The van der Waals surface area contributed by atoms with Gasteiger partial charge >= 0.3 is 0 Å². The molecule has 0 bridgehead atoms. The van der Waals surface area contributed by atoms with Crippen molar-refractivity contribution in [2.24, 2.45) is 0 Å². The number of halogens is 2. The lowest BCUT2D eigenvalue weighted by molar-refractivity contribution is 0.266. The summed E-state index contributed by atoms with van der Waals surface area (Å²) in [6.45, 7) is 0. The second kappa shape index (κ2) is 4.22. The summed E-state index contributed by atoms with van der Waals surface area (Å²) >= 11 is 15.2. The van der Waals surface area contributed by atoms with E-state index in [9.17, 15) is 4.79 Å². The highest BCUT2D eigenvalue weighted by molar-refractivity contribution is 7.96. The first-order chi connectivity index (χ1) is 6.02. The molecule has 13 heavy (non-hydrogen) atoms. The van der Waals surface area contributed by atoms with Gasteiger partial charge in [0.1, 0.15) is 0 Å². The van der Waals surface area contributed by atoms with Crippen molar-refractivity contribution in [2.75, 3.05) is 11.9 Å². The predicted octanol–water partition coefficient (Wildman–Crippen LogP) is 3.48. The third-order valence-corrected chi connectivity index (χ3v) is 2.62. The quantitative estimate of drug-likeness (QED) is 0.740. The number of amides is 1. The maximum absolute atomic E-state index is 10.9. The first kappa shape index (κ1) is 10.7. The molecule has 0 heterocycles. The molecule has 1 aromatic carbocycles. The van der Waals surface area contributed by atoms with Crippen LogP contribution in [0.3, 0.4) is 0 Å². The van der Waals surface area contributed by atoms with Crippen LogP contribution in [0, 0.1) is 0 Å². The van der Waals surface area contributed by atoms with E-state index >= 15 is 0 Å². The minimum Gasteiger partial charge on any atom is -0.307 e. The number of hydrogen-bond acceptors (Lipinski definition) is 1. The Balaban J connectivity index is 3.03. The summed E-state index contributed by atoms with van der Waals surface area (Å²) in [5, 5.41) is 0.532. The zero-order valence-corrected chi connectivity index (χ0v) is 9.20. The molecule has 0 unspecified atom stereocenters. The number of rotatable bonds is 1. The number of nitrogens with zero attached hydrogens (tertiary/aromatic N) is 1. The van der Waals surface area contributed by atoms with Crippen LogP contribution in [0.15, 0.2) is 18.2 Å². The Kier molecular flexibility index (Phi) is 3.47. The maximum Gasteiger partial charge on any atom is 0.282 e. The fraction of sp³-hybridized carbons (Fsp3) is 0.125. The number of thiol groups is 1. The molecular weight excluding hydrogens is 229 g/mol. The molecule has 0 atom stereocenters. The van der Waals surface area contributed by atoms with Gasteiger partial charge in [-0.15, -0.1) is 0 Å². The van der Waals surface area contributed by atoms with E-state index in [4.69, 9.17) is 23.2 Å². The molecular formula is C8H7Cl2NOS. The Labute approximate surface area is 91.8 Å². The fourth-order valence-corrected chi connectivity index (χ4v) is 1.21. The topological polar surface area (TPSA) is 20.3 Å². The Morgan fingerprint density at radius 3 is 2.46 bits per heavy atom. The number of carbonyl (C=O) groups is 1. The van der Waals surface area contributed by atoms with Crippen LogP contribution in [0.1, 0.15) is 0 Å². The van der Waals surface area contributed by atoms with Gasteiger partial charge in [0.05, 0.1) is 10.0 Å². The number of anilines is 1. The second-order valence-corrected chi connectivity index (χ2v) is 3.64. The average molecular weight is 236 g/mol. The minimum atomic E-state index is -0.349. The largest absolute Gasteiger partial charge is 0.307 e. The Bertz CT molecular complexity index is 343. The van der Waals surface area contributed by atoms with Gasteiger partial charge in [-0.25, -0.2) is 0 Å². The summed E-state index contributed by atoms with van der Waals surface area (Å²) in [5.41, 5.74) is 0.661. The lowest BCUT2D eigenvalue weighted by Gasteiger charge is -2.14. The average Bonchev–Trinajstić information content (AvgIpc) is 2.08. The van der Waals surface area contributed by atoms with Crippen molar-refractivity contribution in [1.82, 2.24) is 0 Å². The zero-order chi connectivity index (χ0) is 10.0. The number of benzene rings is 1. The molecule has 70 valence electrons. The minimum absolute atomic E-state index is 0.349. The van der Waals surface area contributed by atoms with Gasteiger partial charge in [-0.1, -0.05) is 35.8 Å². The fourth-order valence-electron chi connectivity index (χ4n) is 0.804. The van der Waals surface area contributed by atoms with Gasteiger partial charge in [-0.05, 0) is 18.2 Å². The van der Waals surface area contributed by atoms with E-state index in [1.54, 1.807) is 25.2 Å². The van der Waals surface area contributed by atoms with Crippen LogP contribution >= 0.6 is 35.8 Å². The molecule has 0 aliphatic carbocycles. The van der Waals surface area contributed by atoms with E-state index in [-0.39, 0.29) is 5.24 Å². The summed E-state index contributed by atoms with van der Waals surface area (Å²) in [4.78, 5) is 12.2. The molecule has 0 aromatic heterocycles. The van der Waals surface area contributed by atoms with Crippen molar-refractivity contribution in [1.29, 1.82) is 0 Å². The van der Waals surface area contributed by atoms with E-state index in [0.29, 0.717) is 15.7 Å². The first-order valence-electron chi connectivity index (χ1n) is 3.44. The van der Waals surface area contributed by atoms with Crippen LogP contribution in [0.5, 0.6) is 0 Å². The molecule has 0 saturated heterocycles. The van der Waals surface area contributed by atoms with E-state index in [1.807, 2.05) is 0 Å². The highest BCUT2D eigenvalue weighted by atomic mass is 35.5. The van der Waals surface area contributed by atoms with E-state index in [2.05, 4.69) is 12.6 Å². The van der Waals surface area contributed by atoms with Crippen molar-refractivity contribution in [2.45, 2.75) is 0 Å². The maximum atomic E-state index is 10.9. The normalized spacial score (nSPS) is 9.85. The van der Waals surface area contributed by atoms with Crippen molar-refractivity contribution in [3.05, 3.63) is 28.2 Å². The van der Waals surface area contributed by atoms with Crippen LogP contribution in [0.2, 0.25) is 10.0 Å². The summed E-state index contributed by atoms with van der Waals surface area (Å²) < 4.78 is 0. The van der Waals surface area contributed by atoms with E-state index in [0.717, 1.165) is 0 Å². The lowest BCUT2D eigenvalue weighted by atomic mass is 10.3. The molecule has 0 fully saturated rings. The molecule has 1 amide bonds. The van der Waals surface area contributed by atoms with Crippen molar-refractivity contribution in [3.63, 3.8) is 0 Å². The third-order valence-electron chi connectivity index (χ3n) is 1.58. The molecule has 1 aromatic rings. The molecule has 2 nitrogen and oxygen atoms in total. The summed E-state index contributed by atoms with van der Waals surface area (Å²) in [7, 11) is 1.61.